The molecule has 2 aromatic carbocycles. The monoisotopic (exact) mass is 290 g/mol. The number of benzene rings is 2. The molecule has 2 aromatic rings. The molecule has 1 unspecified atom stereocenters. The van der Waals surface area contributed by atoms with Gasteiger partial charge in [0.25, 0.3) is 0 Å². The van der Waals surface area contributed by atoms with Gasteiger partial charge < -0.3 is 0 Å². The van der Waals surface area contributed by atoms with Crippen molar-refractivity contribution in [1.82, 2.24) is 0 Å². The summed E-state index contributed by atoms with van der Waals surface area (Å²) in [6.45, 7) is 4.42. The van der Waals surface area contributed by atoms with E-state index in [1.807, 2.05) is 24.3 Å². The summed E-state index contributed by atoms with van der Waals surface area (Å²) in [5.41, 5.74) is 3.46. The van der Waals surface area contributed by atoms with Crippen LogP contribution in [0.1, 0.15) is 44.6 Å². The smallest absolute Gasteiger partial charge is 0.123 e. The van der Waals surface area contributed by atoms with Crippen molar-refractivity contribution in [2.45, 2.75) is 39.0 Å². The number of hydrogen-bond donors (Lipinski definition) is 0. The van der Waals surface area contributed by atoms with E-state index < -0.39 is 0 Å². The fourth-order valence-electron chi connectivity index (χ4n) is 2.69. The van der Waals surface area contributed by atoms with Gasteiger partial charge in [0.05, 0.1) is 0 Å². The summed E-state index contributed by atoms with van der Waals surface area (Å²) in [5.74, 6) is 0.315. The van der Waals surface area contributed by atoms with Crippen LogP contribution in [0.25, 0.3) is 11.1 Å². The van der Waals surface area contributed by atoms with Gasteiger partial charge in [-0.2, -0.15) is 0 Å². The van der Waals surface area contributed by atoms with Gasteiger partial charge in [-0.15, -0.1) is 0 Å². The molecule has 0 spiro atoms. The summed E-state index contributed by atoms with van der Waals surface area (Å²) in [4.78, 5) is 0. The van der Waals surface area contributed by atoms with E-state index in [9.17, 15) is 4.39 Å². The number of rotatable bonds is 5. The molecule has 20 heavy (non-hydrogen) atoms. The predicted molar refractivity (Wildman–Crippen MR) is 84.8 cm³/mol. The Morgan fingerprint density at radius 3 is 2.35 bits per heavy atom. The zero-order valence-corrected chi connectivity index (χ0v) is 12.8. The molecule has 0 bridgehead atoms. The minimum absolute atomic E-state index is 0.210. The fourth-order valence-corrected chi connectivity index (χ4v) is 2.86. The van der Waals surface area contributed by atoms with Crippen LogP contribution in [0.5, 0.6) is 0 Å². The molecule has 0 aliphatic rings. The van der Waals surface area contributed by atoms with E-state index in [0.29, 0.717) is 5.92 Å². The Bertz CT molecular complexity index is 560. The highest BCUT2D eigenvalue weighted by molar-refractivity contribution is 6.30. The summed E-state index contributed by atoms with van der Waals surface area (Å²) < 4.78 is 13.1. The molecule has 1 atom stereocenters. The number of halogens is 2. The van der Waals surface area contributed by atoms with Crippen LogP contribution in [0.3, 0.4) is 0 Å². The van der Waals surface area contributed by atoms with Gasteiger partial charge in [0.15, 0.2) is 0 Å². The summed E-state index contributed by atoms with van der Waals surface area (Å²) in [7, 11) is 0. The Hall–Kier alpha value is -1.34. The first-order valence-electron chi connectivity index (χ1n) is 7.21. The Balaban J connectivity index is 2.49. The van der Waals surface area contributed by atoms with Crippen molar-refractivity contribution in [2.24, 2.45) is 0 Å². The summed E-state index contributed by atoms with van der Waals surface area (Å²) in [5, 5.41) is 0.722. The highest BCUT2D eigenvalue weighted by Crippen LogP contribution is 2.35. The Kier molecular flexibility index (Phi) is 5.19. The third-order valence-corrected chi connectivity index (χ3v) is 3.98. The Morgan fingerprint density at radius 1 is 1.05 bits per heavy atom. The van der Waals surface area contributed by atoms with E-state index in [1.54, 1.807) is 0 Å². The molecule has 0 radical (unpaired) electrons. The molecule has 2 rings (SSSR count). The van der Waals surface area contributed by atoms with Gasteiger partial charge in [0.2, 0.25) is 0 Å². The van der Waals surface area contributed by atoms with E-state index in [0.717, 1.165) is 35.4 Å². The minimum Gasteiger partial charge on any atom is -0.207 e. The molecule has 0 N–H and O–H groups in total. The SMILES string of the molecule is CCCC(CC)c1ccc(Cl)cc1-c1ccc(F)cc1. The molecule has 0 aliphatic carbocycles. The highest BCUT2D eigenvalue weighted by atomic mass is 35.5. The van der Waals surface area contributed by atoms with Gasteiger partial charge in [0, 0.05) is 5.02 Å². The fraction of sp³-hybridized carbons (Fsp3) is 0.333. The largest absolute Gasteiger partial charge is 0.207 e. The third-order valence-electron chi connectivity index (χ3n) is 3.74. The first kappa shape index (κ1) is 15.1. The van der Waals surface area contributed by atoms with Crippen molar-refractivity contribution < 1.29 is 4.39 Å². The quantitative estimate of drug-likeness (QED) is 0.594. The summed E-state index contributed by atoms with van der Waals surface area (Å²) in [6, 6.07) is 12.7. The standard InChI is InChI=1S/C18H20ClF/c1-3-5-13(4-2)17-11-8-15(19)12-18(17)14-6-9-16(20)10-7-14/h6-13H,3-5H2,1-2H3. The lowest BCUT2D eigenvalue weighted by Crippen LogP contribution is -2.00. The average molecular weight is 291 g/mol. The van der Waals surface area contributed by atoms with Crippen LogP contribution in [0, 0.1) is 5.82 Å². The van der Waals surface area contributed by atoms with Gasteiger partial charge >= 0.3 is 0 Å². The van der Waals surface area contributed by atoms with Gasteiger partial charge in [-0.25, -0.2) is 4.39 Å². The maximum absolute atomic E-state index is 13.1. The maximum atomic E-state index is 13.1. The van der Waals surface area contributed by atoms with Gasteiger partial charge in [0.1, 0.15) is 5.82 Å². The van der Waals surface area contributed by atoms with E-state index in [-0.39, 0.29) is 5.82 Å². The normalized spacial score (nSPS) is 12.4. The maximum Gasteiger partial charge on any atom is 0.123 e. The van der Waals surface area contributed by atoms with Crippen LogP contribution in [0.2, 0.25) is 5.02 Å². The van der Waals surface area contributed by atoms with E-state index >= 15 is 0 Å². The first-order chi connectivity index (χ1) is 9.65. The molecule has 0 aliphatic heterocycles. The van der Waals surface area contributed by atoms with Crippen molar-refractivity contribution in [3.8, 4) is 11.1 Å². The summed E-state index contributed by atoms with van der Waals surface area (Å²) >= 11 is 6.15. The average Bonchev–Trinajstić information content (AvgIpc) is 2.46. The molecule has 106 valence electrons. The summed E-state index contributed by atoms with van der Waals surface area (Å²) in [6.07, 6.45) is 3.42. The van der Waals surface area contributed by atoms with Crippen LogP contribution < -0.4 is 0 Å². The molecule has 0 heterocycles. The third kappa shape index (κ3) is 3.40. The molecule has 0 saturated carbocycles. The van der Waals surface area contributed by atoms with E-state index in [2.05, 4.69) is 19.9 Å². The van der Waals surface area contributed by atoms with E-state index in [4.69, 9.17) is 11.6 Å². The lowest BCUT2D eigenvalue weighted by atomic mass is 9.86. The molecular weight excluding hydrogens is 271 g/mol. The van der Waals surface area contributed by atoms with Crippen LogP contribution in [0.4, 0.5) is 4.39 Å². The highest BCUT2D eigenvalue weighted by Gasteiger charge is 2.14. The zero-order valence-electron chi connectivity index (χ0n) is 12.0. The second-order valence-electron chi connectivity index (χ2n) is 5.13. The molecule has 0 saturated heterocycles. The molecule has 0 fully saturated rings. The van der Waals surface area contributed by atoms with Crippen LogP contribution >= 0.6 is 11.6 Å². The van der Waals surface area contributed by atoms with Crippen molar-refractivity contribution in [1.29, 1.82) is 0 Å². The van der Waals surface area contributed by atoms with Gasteiger partial charge in [-0.1, -0.05) is 50.1 Å². The van der Waals surface area contributed by atoms with Crippen LogP contribution in [0.15, 0.2) is 42.5 Å². The lowest BCUT2D eigenvalue weighted by molar-refractivity contribution is 0.597. The van der Waals surface area contributed by atoms with Crippen molar-refractivity contribution in [3.63, 3.8) is 0 Å². The molecule has 0 aromatic heterocycles. The second kappa shape index (κ2) is 6.90. The van der Waals surface area contributed by atoms with Crippen molar-refractivity contribution in [2.75, 3.05) is 0 Å². The van der Waals surface area contributed by atoms with Crippen LogP contribution in [-0.4, -0.2) is 0 Å². The van der Waals surface area contributed by atoms with Gasteiger partial charge in [-0.05, 0) is 59.7 Å². The molecular formula is C18H20ClF. The molecule has 0 nitrogen and oxygen atoms in total. The Labute approximate surface area is 125 Å². The first-order valence-corrected chi connectivity index (χ1v) is 7.58. The molecule has 2 heteroatoms. The molecule has 0 amide bonds. The van der Waals surface area contributed by atoms with Crippen LogP contribution in [-0.2, 0) is 0 Å². The van der Waals surface area contributed by atoms with Gasteiger partial charge in [-0.3, -0.25) is 0 Å². The minimum atomic E-state index is -0.210. The lowest BCUT2D eigenvalue weighted by Gasteiger charge is -2.19. The Morgan fingerprint density at radius 2 is 1.75 bits per heavy atom. The second-order valence-corrected chi connectivity index (χ2v) is 5.57. The van der Waals surface area contributed by atoms with Crippen molar-refractivity contribution in [3.05, 3.63) is 58.9 Å². The number of hydrogen-bond acceptors (Lipinski definition) is 0. The topological polar surface area (TPSA) is 0 Å². The predicted octanol–water partition coefficient (Wildman–Crippen LogP) is 6.44. The zero-order chi connectivity index (χ0) is 14.5. The van der Waals surface area contributed by atoms with Crippen molar-refractivity contribution >= 4 is 11.6 Å². The van der Waals surface area contributed by atoms with E-state index in [1.165, 1.54) is 17.7 Å².